The van der Waals surface area contributed by atoms with E-state index < -0.39 is 0 Å². The number of imidazole rings is 1. The van der Waals surface area contributed by atoms with Crippen LogP contribution >= 0.6 is 0 Å². The van der Waals surface area contributed by atoms with Gasteiger partial charge in [0.25, 0.3) is 5.91 Å². The van der Waals surface area contributed by atoms with Gasteiger partial charge in [0, 0.05) is 44.1 Å². The maximum atomic E-state index is 12.8. The van der Waals surface area contributed by atoms with Crippen molar-refractivity contribution in [2.75, 3.05) is 13.1 Å². The van der Waals surface area contributed by atoms with Gasteiger partial charge in [-0.1, -0.05) is 0 Å². The number of nitriles is 1. The first-order valence-corrected chi connectivity index (χ1v) is 8.91. The van der Waals surface area contributed by atoms with Crippen LogP contribution < -0.4 is 0 Å². The number of amides is 1. The summed E-state index contributed by atoms with van der Waals surface area (Å²) in [6.07, 6.45) is 10.1. The van der Waals surface area contributed by atoms with Crippen molar-refractivity contribution in [3.63, 3.8) is 0 Å². The van der Waals surface area contributed by atoms with Gasteiger partial charge in [0.1, 0.15) is 17.6 Å². The van der Waals surface area contributed by atoms with Crippen molar-refractivity contribution in [3.8, 4) is 6.07 Å². The Morgan fingerprint density at radius 3 is 2.88 bits per heavy atom. The first-order chi connectivity index (χ1) is 12.2. The Morgan fingerprint density at radius 1 is 1.28 bits per heavy atom. The molecule has 1 aliphatic carbocycles. The smallest absolute Gasteiger partial charge is 0.255 e. The molecule has 0 radical (unpaired) electrons. The molecule has 2 aromatic heterocycles. The van der Waals surface area contributed by atoms with E-state index in [2.05, 4.69) is 20.7 Å². The third kappa shape index (κ3) is 3.41. The summed E-state index contributed by atoms with van der Waals surface area (Å²) in [5.41, 5.74) is 0.871. The fraction of sp³-hybridized carbons (Fsp3) is 0.474. The average molecular weight is 335 g/mol. The molecule has 1 aliphatic heterocycles. The van der Waals surface area contributed by atoms with Crippen LogP contribution in [0.4, 0.5) is 0 Å². The fourth-order valence-electron chi connectivity index (χ4n) is 3.56. The number of likely N-dealkylation sites (tertiary alicyclic amines) is 1. The Hall–Kier alpha value is -2.68. The molecule has 1 saturated carbocycles. The summed E-state index contributed by atoms with van der Waals surface area (Å²) < 4.78 is 2.28. The van der Waals surface area contributed by atoms with Gasteiger partial charge in [-0.3, -0.25) is 4.79 Å². The molecule has 3 heterocycles. The van der Waals surface area contributed by atoms with Gasteiger partial charge in [-0.25, -0.2) is 9.97 Å². The van der Waals surface area contributed by atoms with Crippen LogP contribution in [0.1, 0.15) is 53.5 Å². The van der Waals surface area contributed by atoms with Crippen LogP contribution in [-0.2, 0) is 6.54 Å². The summed E-state index contributed by atoms with van der Waals surface area (Å²) in [6, 6.07) is 5.26. The molecule has 2 aliphatic rings. The Morgan fingerprint density at radius 2 is 2.16 bits per heavy atom. The molecule has 4 rings (SSSR count). The normalized spacial score (nSPS) is 20.3. The summed E-state index contributed by atoms with van der Waals surface area (Å²) in [7, 11) is 0. The number of carbonyl (C=O) groups excluding carboxylic acids is 1. The lowest BCUT2D eigenvalue weighted by atomic mass is 9.96. The van der Waals surface area contributed by atoms with E-state index in [0.717, 1.165) is 37.7 Å². The van der Waals surface area contributed by atoms with Crippen LogP contribution in [0.25, 0.3) is 0 Å². The van der Waals surface area contributed by atoms with Gasteiger partial charge in [0.15, 0.2) is 0 Å². The lowest BCUT2D eigenvalue weighted by molar-refractivity contribution is 0.0702. The molecule has 6 heteroatoms. The Balaban J connectivity index is 1.47. The Kier molecular flexibility index (Phi) is 4.22. The summed E-state index contributed by atoms with van der Waals surface area (Å²) in [4.78, 5) is 23.3. The SMILES string of the molecule is N#Cc1ccc(C(=O)N2CCCC(c3nccn3CC3CC3)C2)cn1. The second-order valence-electron chi connectivity index (χ2n) is 7.02. The quantitative estimate of drug-likeness (QED) is 0.860. The van der Waals surface area contributed by atoms with E-state index >= 15 is 0 Å². The molecule has 0 bridgehead atoms. The predicted molar refractivity (Wildman–Crippen MR) is 91.8 cm³/mol. The van der Waals surface area contributed by atoms with Crippen molar-refractivity contribution >= 4 is 5.91 Å². The molecule has 1 saturated heterocycles. The van der Waals surface area contributed by atoms with E-state index in [0.29, 0.717) is 17.8 Å². The number of aromatic nitrogens is 3. The highest BCUT2D eigenvalue weighted by molar-refractivity contribution is 5.94. The summed E-state index contributed by atoms with van der Waals surface area (Å²) in [5, 5.41) is 8.83. The first-order valence-electron chi connectivity index (χ1n) is 8.91. The van der Waals surface area contributed by atoms with Crippen LogP contribution in [0.15, 0.2) is 30.7 Å². The molecule has 1 amide bonds. The van der Waals surface area contributed by atoms with Crippen LogP contribution in [0.2, 0.25) is 0 Å². The minimum absolute atomic E-state index is 0.0120. The zero-order valence-electron chi connectivity index (χ0n) is 14.1. The summed E-state index contributed by atoms with van der Waals surface area (Å²) in [6.45, 7) is 2.51. The van der Waals surface area contributed by atoms with Crippen LogP contribution in [0.3, 0.4) is 0 Å². The van der Waals surface area contributed by atoms with Crippen molar-refractivity contribution in [2.45, 2.75) is 38.1 Å². The topological polar surface area (TPSA) is 74.8 Å². The third-order valence-corrected chi connectivity index (χ3v) is 5.10. The zero-order chi connectivity index (χ0) is 17.2. The van der Waals surface area contributed by atoms with Gasteiger partial charge in [-0.2, -0.15) is 5.26 Å². The Labute approximate surface area is 147 Å². The van der Waals surface area contributed by atoms with Crippen molar-refractivity contribution < 1.29 is 4.79 Å². The zero-order valence-corrected chi connectivity index (χ0v) is 14.1. The molecule has 2 aromatic rings. The van der Waals surface area contributed by atoms with Crippen molar-refractivity contribution in [3.05, 3.63) is 47.8 Å². The van der Waals surface area contributed by atoms with Gasteiger partial charge in [0.05, 0.1) is 5.56 Å². The number of hydrogen-bond donors (Lipinski definition) is 0. The highest BCUT2D eigenvalue weighted by Crippen LogP contribution is 2.33. The van der Waals surface area contributed by atoms with E-state index in [-0.39, 0.29) is 11.8 Å². The number of rotatable bonds is 4. The highest BCUT2D eigenvalue weighted by atomic mass is 16.2. The number of hydrogen-bond acceptors (Lipinski definition) is 4. The molecule has 25 heavy (non-hydrogen) atoms. The number of pyridine rings is 1. The second-order valence-corrected chi connectivity index (χ2v) is 7.02. The molecule has 0 spiro atoms. The molecule has 0 aromatic carbocycles. The molecule has 6 nitrogen and oxygen atoms in total. The molecule has 2 fully saturated rings. The molecule has 1 unspecified atom stereocenters. The monoisotopic (exact) mass is 335 g/mol. The van der Waals surface area contributed by atoms with Gasteiger partial charge < -0.3 is 9.47 Å². The summed E-state index contributed by atoms with van der Waals surface area (Å²) >= 11 is 0. The lowest BCUT2D eigenvalue weighted by Gasteiger charge is -2.32. The van der Waals surface area contributed by atoms with E-state index in [1.807, 2.05) is 17.2 Å². The minimum Gasteiger partial charge on any atom is -0.338 e. The molecule has 128 valence electrons. The molecular formula is C19H21N5O. The van der Waals surface area contributed by atoms with Crippen LogP contribution in [0, 0.1) is 17.2 Å². The van der Waals surface area contributed by atoms with Crippen molar-refractivity contribution in [2.24, 2.45) is 5.92 Å². The van der Waals surface area contributed by atoms with Gasteiger partial charge in [-0.15, -0.1) is 0 Å². The predicted octanol–water partition coefficient (Wildman–Crippen LogP) is 2.58. The molecular weight excluding hydrogens is 314 g/mol. The van der Waals surface area contributed by atoms with Crippen LogP contribution in [0.5, 0.6) is 0 Å². The van der Waals surface area contributed by atoms with E-state index in [1.165, 1.54) is 19.0 Å². The molecule has 1 atom stereocenters. The molecule has 0 N–H and O–H groups in total. The van der Waals surface area contributed by atoms with E-state index in [4.69, 9.17) is 5.26 Å². The lowest BCUT2D eigenvalue weighted by Crippen LogP contribution is -2.39. The van der Waals surface area contributed by atoms with Crippen molar-refractivity contribution in [1.29, 1.82) is 5.26 Å². The summed E-state index contributed by atoms with van der Waals surface area (Å²) in [5.74, 6) is 2.20. The average Bonchev–Trinajstić information content (AvgIpc) is 3.36. The minimum atomic E-state index is -0.0120. The third-order valence-electron chi connectivity index (χ3n) is 5.10. The number of piperidine rings is 1. The Bertz CT molecular complexity index is 800. The van der Waals surface area contributed by atoms with Crippen LogP contribution in [-0.4, -0.2) is 38.4 Å². The number of nitrogens with zero attached hydrogens (tertiary/aromatic N) is 5. The van der Waals surface area contributed by atoms with Crippen molar-refractivity contribution in [1.82, 2.24) is 19.4 Å². The second kappa shape index (κ2) is 6.67. The first kappa shape index (κ1) is 15.8. The van der Waals surface area contributed by atoms with Gasteiger partial charge in [-0.05, 0) is 43.7 Å². The fourth-order valence-corrected chi connectivity index (χ4v) is 3.56. The van der Waals surface area contributed by atoms with E-state index in [9.17, 15) is 4.79 Å². The van der Waals surface area contributed by atoms with Gasteiger partial charge in [0.2, 0.25) is 0 Å². The number of carbonyl (C=O) groups is 1. The van der Waals surface area contributed by atoms with E-state index in [1.54, 1.807) is 12.1 Å². The maximum absolute atomic E-state index is 12.8. The maximum Gasteiger partial charge on any atom is 0.255 e. The van der Waals surface area contributed by atoms with Gasteiger partial charge >= 0.3 is 0 Å². The highest BCUT2D eigenvalue weighted by Gasteiger charge is 2.29. The largest absolute Gasteiger partial charge is 0.338 e. The standard InChI is InChI=1S/C19H21N5O/c20-10-17-6-5-15(11-22-17)19(25)24-8-1-2-16(13-24)18-21-7-9-23(18)12-14-3-4-14/h5-7,9,11,14,16H,1-4,8,12-13H2.